The van der Waals surface area contributed by atoms with Crippen LogP contribution in [0.3, 0.4) is 0 Å². The molecule has 0 nitrogen and oxygen atoms in total. The molecule has 4 rings (SSSR count). The van der Waals surface area contributed by atoms with Crippen molar-refractivity contribution in [2.45, 2.75) is 109 Å². The Hall–Kier alpha value is -1.70. The van der Waals surface area contributed by atoms with Crippen LogP contribution >= 0.6 is 0 Å². The van der Waals surface area contributed by atoms with Gasteiger partial charge < -0.3 is 0 Å². The van der Waals surface area contributed by atoms with Gasteiger partial charge >= 0.3 is 0 Å². The average Bonchev–Trinajstić information content (AvgIpc) is 2.85. The van der Waals surface area contributed by atoms with Gasteiger partial charge in [0.15, 0.2) is 11.6 Å². The highest BCUT2D eigenvalue weighted by molar-refractivity contribution is 5.32. The van der Waals surface area contributed by atoms with Gasteiger partial charge in [0.25, 0.3) is 0 Å². The molecule has 0 heterocycles. The van der Waals surface area contributed by atoms with Crippen molar-refractivity contribution in [3.63, 3.8) is 0 Å². The first-order valence-electron chi connectivity index (χ1n) is 13.6. The van der Waals surface area contributed by atoms with Gasteiger partial charge in [-0.2, -0.15) is 0 Å². The Morgan fingerprint density at radius 1 is 0.667 bits per heavy atom. The van der Waals surface area contributed by atoms with E-state index in [1.807, 2.05) is 12.1 Å². The fraction of sp³-hybridized carbons (Fsp3) is 0.613. The van der Waals surface area contributed by atoms with Crippen LogP contribution < -0.4 is 0 Å². The van der Waals surface area contributed by atoms with Crippen LogP contribution in [0.1, 0.15) is 118 Å². The Kier molecular flexibility index (Phi) is 8.61. The lowest BCUT2D eigenvalue weighted by atomic mass is 9.75. The molecule has 180 valence electrons. The van der Waals surface area contributed by atoms with Crippen LogP contribution in [0.5, 0.6) is 0 Å². The van der Waals surface area contributed by atoms with E-state index in [0.717, 1.165) is 69.6 Å². The lowest BCUT2D eigenvalue weighted by Gasteiger charge is -2.31. The van der Waals surface area contributed by atoms with Gasteiger partial charge in [-0.1, -0.05) is 68.1 Å². The number of unbranched alkanes of at least 4 members (excludes halogenated alkanes) is 1. The van der Waals surface area contributed by atoms with E-state index in [1.54, 1.807) is 0 Å². The average molecular weight is 453 g/mol. The van der Waals surface area contributed by atoms with Crippen molar-refractivity contribution < 1.29 is 8.78 Å². The third-order valence-electron chi connectivity index (χ3n) is 8.74. The molecule has 0 saturated heterocycles. The number of benzene rings is 2. The molecule has 2 aliphatic rings. The Morgan fingerprint density at radius 2 is 1.18 bits per heavy atom. The van der Waals surface area contributed by atoms with Crippen LogP contribution in [-0.2, 0) is 6.42 Å². The Bertz CT molecular complexity index is 869. The molecule has 0 aromatic heterocycles. The van der Waals surface area contributed by atoms with E-state index in [2.05, 4.69) is 38.1 Å². The first kappa shape index (κ1) is 24.4. The molecule has 0 bridgehead atoms. The summed E-state index contributed by atoms with van der Waals surface area (Å²) in [6, 6.07) is 12.7. The van der Waals surface area contributed by atoms with E-state index < -0.39 is 11.6 Å². The van der Waals surface area contributed by atoms with Gasteiger partial charge in [-0.15, -0.1) is 0 Å². The minimum atomic E-state index is -0.550. The first-order valence-corrected chi connectivity index (χ1v) is 13.6. The van der Waals surface area contributed by atoms with Gasteiger partial charge in [0.05, 0.1) is 0 Å². The Morgan fingerprint density at radius 3 is 1.70 bits per heavy atom. The molecule has 0 radical (unpaired) electrons. The summed E-state index contributed by atoms with van der Waals surface area (Å²) in [5.74, 6) is 0.809. The summed E-state index contributed by atoms with van der Waals surface area (Å²) in [6.45, 7) is 4.37. The van der Waals surface area contributed by atoms with E-state index in [4.69, 9.17) is 0 Å². The van der Waals surface area contributed by atoms with Gasteiger partial charge in [-0.25, -0.2) is 8.78 Å². The fourth-order valence-electron chi connectivity index (χ4n) is 6.37. The highest BCUT2D eigenvalue weighted by atomic mass is 19.2. The summed E-state index contributed by atoms with van der Waals surface area (Å²) < 4.78 is 30.2. The van der Waals surface area contributed by atoms with Crippen molar-refractivity contribution in [2.24, 2.45) is 11.8 Å². The zero-order chi connectivity index (χ0) is 23.2. The van der Waals surface area contributed by atoms with Crippen molar-refractivity contribution >= 4 is 0 Å². The smallest absolute Gasteiger partial charge is 0.162 e. The summed E-state index contributed by atoms with van der Waals surface area (Å²) in [6.07, 6.45) is 14.8. The molecule has 2 aromatic rings. The van der Waals surface area contributed by atoms with Crippen LogP contribution in [0.2, 0.25) is 0 Å². The van der Waals surface area contributed by atoms with E-state index in [1.165, 1.54) is 36.8 Å². The molecule has 2 aromatic carbocycles. The molecule has 0 amide bonds. The second kappa shape index (κ2) is 11.6. The van der Waals surface area contributed by atoms with Crippen LogP contribution in [-0.4, -0.2) is 0 Å². The molecular weight excluding hydrogens is 410 g/mol. The maximum Gasteiger partial charge on any atom is 0.162 e. The minimum Gasteiger partial charge on any atom is -0.203 e. The maximum absolute atomic E-state index is 15.1. The highest BCUT2D eigenvalue weighted by Gasteiger charge is 2.29. The molecule has 33 heavy (non-hydrogen) atoms. The Balaban J connectivity index is 1.24. The highest BCUT2D eigenvalue weighted by Crippen LogP contribution is 2.42. The van der Waals surface area contributed by atoms with Crippen molar-refractivity contribution in [3.05, 3.63) is 70.3 Å². The standard InChI is InChI=1S/C31H42F2/c1-3-23-12-16-26(17-13-23)28-20-21-29(31(33)30(28)32)27-18-14-25(15-19-27)7-5-4-6-24-10-8-22(2)9-11-24/h8-11,20-21,23,25-27H,3-7,12-19H2,1-2H3. The topological polar surface area (TPSA) is 0 Å². The predicted molar refractivity (Wildman–Crippen MR) is 135 cm³/mol. The molecule has 0 spiro atoms. The lowest BCUT2D eigenvalue weighted by Crippen LogP contribution is -2.17. The molecule has 2 aliphatic carbocycles. The van der Waals surface area contributed by atoms with Crippen molar-refractivity contribution in [2.75, 3.05) is 0 Å². The van der Waals surface area contributed by atoms with Gasteiger partial charge in [0.2, 0.25) is 0 Å². The van der Waals surface area contributed by atoms with E-state index in [-0.39, 0.29) is 11.8 Å². The van der Waals surface area contributed by atoms with Crippen molar-refractivity contribution in [3.8, 4) is 0 Å². The molecule has 0 aliphatic heterocycles. The molecule has 0 N–H and O–H groups in total. The van der Waals surface area contributed by atoms with E-state index >= 15 is 8.78 Å². The predicted octanol–water partition coefficient (Wildman–Crippen LogP) is 9.64. The molecule has 2 saturated carbocycles. The van der Waals surface area contributed by atoms with E-state index in [9.17, 15) is 0 Å². The summed E-state index contributed by atoms with van der Waals surface area (Å²) in [5, 5.41) is 0. The molecule has 2 fully saturated rings. The number of rotatable bonds is 8. The monoisotopic (exact) mass is 452 g/mol. The summed E-state index contributed by atoms with van der Waals surface area (Å²) in [4.78, 5) is 0. The maximum atomic E-state index is 15.1. The van der Waals surface area contributed by atoms with Crippen molar-refractivity contribution in [1.82, 2.24) is 0 Å². The lowest BCUT2D eigenvalue weighted by molar-refractivity contribution is 0.296. The largest absolute Gasteiger partial charge is 0.203 e. The third kappa shape index (κ3) is 6.25. The minimum absolute atomic E-state index is 0.188. The second-order valence-corrected chi connectivity index (χ2v) is 10.9. The fourth-order valence-corrected chi connectivity index (χ4v) is 6.37. The summed E-state index contributed by atoms with van der Waals surface area (Å²) in [7, 11) is 0. The molecule has 0 atom stereocenters. The number of aryl methyl sites for hydroxylation is 2. The second-order valence-electron chi connectivity index (χ2n) is 10.9. The number of hydrogen-bond acceptors (Lipinski definition) is 0. The van der Waals surface area contributed by atoms with Gasteiger partial charge in [-0.05, 0) is 111 Å². The van der Waals surface area contributed by atoms with Gasteiger partial charge in [-0.3, -0.25) is 0 Å². The number of halogens is 2. The zero-order valence-electron chi connectivity index (χ0n) is 20.7. The van der Waals surface area contributed by atoms with Crippen LogP contribution in [0.25, 0.3) is 0 Å². The van der Waals surface area contributed by atoms with Crippen LogP contribution in [0.4, 0.5) is 8.78 Å². The molecular formula is C31H42F2. The SMILES string of the molecule is CCC1CCC(c2ccc(C3CCC(CCCCc4ccc(C)cc4)CC3)c(F)c2F)CC1. The summed E-state index contributed by atoms with van der Waals surface area (Å²) >= 11 is 0. The first-order chi connectivity index (χ1) is 16.0. The van der Waals surface area contributed by atoms with Crippen molar-refractivity contribution in [1.29, 1.82) is 0 Å². The van der Waals surface area contributed by atoms with Crippen LogP contribution in [0, 0.1) is 30.4 Å². The van der Waals surface area contributed by atoms with Gasteiger partial charge in [0.1, 0.15) is 0 Å². The zero-order valence-corrected chi connectivity index (χ0v) is 20.7. The Labute approximate surface area is 200 Å². The van der Waals surface area contributed by atoms with Gasteiger partial charge in [0, 0.05) is 0 Å². The normalized spacial score (nSPS) is 25.8. The number of hydrogen-bond donors (Lipinski definition) is 0. The van der Waals surface area contributed by atoms with E-state index in [0.29, 0.717) is 11.1 Å². The van der Waals surface area contributed by atoms with Crippen LogP contribution in [0.15, 0.2) is 36.4 Å². The molecule has 0 unspecified atom stereocenters. The quantitative estimate of drug-likeness (QED) is 0.350. The molecule has 2 heteroatoms. The summed E-state index contributed by atoms with van der Waals surface area (Å²) in [5.41, 5.74) is 4.02. The third-order valence-corrected chi connectivity index (χ3v) is 8.74.